The Morgan fingerprint density at radius 1 is 1.29 bits per heavy atom. The minimum absolute atomic E-state index is 0.155. The van der Waals surface area contributed by atoms with Crippen molar-refractivity contribution in [3.63, 3.8) is 0 Å². The van der Waals surface area contributed by atoms with Crippen LogP contribution in [-0.4, -0.2) is 29.4 Å². The molecule has 0 radical (unpaired) electrons. The van der Waals surface area contributed by atoms with Crippen LogP contribution in [0.4, 0.5) is 0 Å². The summed E-state index contributed by atoms with van der Waals surface area (Å²) in [5, 5.41) is 2.57. The van der Waals surface area contributed by atoms with Crippen molar-refractivity contribution in [3.8, 4) is 0 Å². The van der Waals surface area contributed by atoms with Gasteiger partial charge in [-0.3, -0.25) is 4.79 Å². The van der Waals surface area contributed by atoms with Gasteiger partial charge in [0.25, 0.3) is 0 Å². The molecule has 0 aromatic heterocycles. The molecule has 0 aliphatic rings. The Balaban J connectivity index is 4.56. The van der Waals surface area contributed by atoms with Gasteiger partial charge in [0, 0.05) is 0 Å². The molecule has 1 amide bonds. The molecule has 0 heterocycles. The van der Waals surface area contributed by atoms with E-state index in [1.54, 1.807) is 20.8 Å². The van der Waals surface area contributed by atoms with Crippen molar-refractivity contribution in [2.75, 3.05) is 5.88 Å². The summed E-state index contributed by atoms with van der Waals surface area (Å²) in [5.74, 6) is -0.645. The summed E-state index contributed by atoms with van der Waals surface area (Å²) in [6.45, 7) is 9.33. The number of hydrogen-bond acceptors (Lipinski definition) is 3. The Labute approximate surface area is 108 Å². The molecule has 1 atom stereocenters. The van der Waals surface area contributed by atoms with Crippen LogP contribution >= 0.6 is 11.6 Å². The van der Waals surface area contributed by atoms with Crippen LogP contribution < -0.4 is 5.32 Å². The number of halogens is 1. The molecule has 0 aliphatic heterocycles. The second kappa shape index (κ2) is 6.84. The highest BCUT2D eigenvalue weighted by molar-refractivity contribution is 6.27. The highest BCUT2D eigenvalue weighted by atomic mass is 35.5. The molecule has 0 aromatic rings. The van der Waals surface area contributed by atoms with E-state index in [1.165, 1.54) is 0 Å². The molecule has 0 aliphatic carbocycles. The first-order valence-electron chi connectivity index (χ1n) is 5.74. The minimum atomic E-state index is -0.625. The standard InChI is InChI=1S/C12H22ClNO3/c1-8(2)6-9(14-10(15)7-13)11(16)17-12(3,4)5/h8-9H,6-7H2,1-5H3,(H,14,15)/t9-/m0/s1. The molecular weight excluding hydrogens is 242 g/mol. The quantitative estimate of drug-likeness (QED) is 0.610. The molecular formula is C12H22ClNO3. The smallest absolute Gasteiger partial charge is 0.329 e. The maximum atomic E-state index is 11.9. The average Bonchev–Trinajstić information content (AvgIpc) is 2.13. The lowest BCUT2D eigenvalue weighted by molar-refractivity contribution is -0.159. The van der Waals surface area contributed by atoms with Gasteiger partial charge < -0.3 is 10.1 Å². The van der Waals surface area contributed by atoms with Crippen LogP contribution in [0.5, 0.6) is 0 Å². The van der Waals surface area contributed by atoms with E-state index in [4.69, 9.17) is 16.3 Å². The molecule has 0 bridgehead atoms. The first-order valence-corrected chi connectivity index (χ1v) is 6.27. The third-order valence-electron chi connectivity index (χ3n) is 1.85. The van der Waals surface area contributed by atoms with Crippen molar-refractivity contribution in [1.29, 1.82) is 0 Å². The zero-order valence-corrected chi connectivity index (χ0v) is 11.9. The van der Waals surface area contributed by atoms with Crippen molar-refractivity contribution in [1.82, 2.24) is 5.32 Å². The summed E-state index contributed by atoms with van der Waals surface area (Å²) < 4.78 is 5.25. The number of rotatable bonds is 5. The first kappa shape index (κ1) is 16.2. The van der Waals surface area contributed by atoms with E-state index < -0.39 is 17.6 Å². The zero-order chi connectivity index (χ0) is 13.6. The predicted octanol–water partition coefficient (Wildman–Crippen LogP) is 2.10. The van der Waals surface area contributed by atoms with E-state index in [2.05, 4.69) is 5.32 Å². The lowest BCUT2D eigenvalue weighted by Gasteiger charge is -2.25. The summed E-state index contributed by atoms with van der Waals surface area (Å²) in [5.41, 5.74) is -0.558. The van der Waals surface area contributed by atoms with E-state index in [0.29, 0.717) is 6.42 Å². The molecule has 0 unspecified atom stereocenters. The molecule has 0 rings (SSSR count). The number of nitrogens with one attached hydrogen (secondary N) is 1. The third kappa shape index (κ3) is 8.02. The number of alkyl halides is 1. The molecule has 4 nitrogen and oxygen atoms in total. The third-order valence-corrected chi connectivity index (χ3v) is 2.10. The SMILES string of the molecule is CC(C)C[C@H](NC(=O)CCl)C(=O)OC(C)(C)C. The molecule has 0 fully saturated rings. The summed E-state index contributed by atoms with van der Waals surface area (Å²) >= 11 is 5.41. The number of esters is 1. The largest absolute Gasteiger partial charge is 0.458 e. The van der Waals surface area contributed by atoms with Crippen LogP contribution in [0.3, 0.4) is 0 Å². The van der Waals surface area contributed by atoms with E-state index in [9.17, 15) is 9.59 Å². The fourth-order valence-electron chi connectivity index (χ4n) is 1.29. The van der Waals surface area contributed by atoms with E-state index in [-0.39, 0.29) is 17.7 Å². The van der Waals surface area contributed by atoms with Gasteiger partial charge in [-0.25, -0.2) is 4.79 Å². The van der Waals surface area contributed by atoms with Gasteiger partial charge in [-0.2, -0.15) is 0 Å². The molecule has 17 heavy (non-hydrogen) atoms. The maximum Gasteiger partial charge on any atom is 0.329 e. The maximum absolute atomic E-state index is 11.9. The highest BCUT2D eigenvalue weighted by Crippen LogP contribution is 2.12. The Bertz CT molecular complexity index is 271. The second-order valence-electron chi connectivity index (χ2n) is 5.42. The van der Waals surface area contributed by atoms with E-state index in [0.717, 1.165) is 0 Å². The van der Waals surface area contributed by atoms with Crippen LogP contribution in [-0.2, 0) is 14.3 Å². The lowest BCUT2D eigenvalue weighted by Crippen LogP contribution is -2.45. The van der Waals surface area contributed by atoms with Crippen molar-refractivity contribution in [2.24, 2.45) is 5.92 Å². The summed E-state index contributed by atoms with van der Waals surface area (Å²) in [4.78, 5) is 23.1. The molecule has 5 heteroatoms. The van der Waals surface area contributed by atoms with Gasteiger partial charge in [0.2, 0.25) is 5.91 Å². The number of ether oxygens (including phenoxy) is 1. The van der Waals surface area contributed by atoms with Crippen LogP contribution in [0.25, 0.3) is 0 Å². The van der Waals surface area contributed by atoms with Gasteiger partial charge in [0.05, 0.1) is 0 Å². The Morgan fingerprint density at radius 2 is 1.82 bits per heavy atom. The van der Waals surface area contributed by atoms with Crippen molar-refractivity contribution >= 4 is 23.5 Å². The fourth-order valence-corrected chi connectivity index (χ4v) is 1.37. The molecule has 1 N–H and O–H groups in total. The average molecular weight is 264 g/mol. The van der Waals surface area contributed by atoms with Crippen molar-refractivity contribution < 1.29 is 14.3 Å². The van der Waals surface area contributed by atoms with Gasteiger partial charge in [0.15, 0.2) is 0 Å². The summed E-state index contributed by atoms with van der Waals surface area (Å²) in [7, 11) is 0. The second-order valence-corrected chi connectivity index (χ2v) is 5.68. The van der Waals surface area contributed by atoms with Gasteiger partial charge in [-0.05, 0) is 33.1 Å². The van der Waals surface area contributed by atoms with Gasteiger partial charge in [-0.1, -0.05) is 13.8 Å². The summed E-state index contributed by atoms with van der Waals surface area (Å²) in [6.07, 6.45) is 0.539. The fraction of sp³-hybridized carbons (Fsp3) is 0.833. The molecule has 0 aromatic carbocycles. The Kier molecular flexibility index (Phi) is 6.53. The molecule has 0 saturated carbocycles. The topological polar surface area (TPSA) is 55.4 Å². The number of amides is 1. The van der Waals surface area contributed by atoms with Gasteiger partial charge in [0.1, 0.15) is 17.5 Å². The van der Waals surface area contributed by atoms with Gasteiger partial charge in [-0.15, -0.1) is 11.6 Å². The predicted molar refractivity (Wildman–Crippen MR) is 68.0 cm³/mol. The normalized spacial score (nSPS) is 13.4. The first-order chi connectivity index (χ1) is 7.65. The van der Waals surface area contributed by atoms with Crippen LogP contribution in [0.1, 0.15) is 41.0 Å². The molecule has 0 spiro atoms. The number of carbonyl (C=O) groups is 2. The number of carbonyl (C=O) groups excluding carboxylic acids is 2. The van der Waals surface area contributed by atoms with Gasteiger partial charge >= 0.3 is 5.97 Å². The van der Waals surface area contributed by atoms with Crippen LogP contribution in [0, 0.1) is 5.92 Å². The van der Waals surface area contributed by atoms with E-state index in [1.807, 2.05) is 13.8 Å². The van der Waals surface area contributed by atoms with Crippen molar-refractivity contribution in [3.05, 3.63) is 0 Å². The van der Waals surface area contributed by atoms with Crippen LogP contribution in [0.2, 0.25) is 0 Å². The summed E-state index contributed by atoms with van der Waals surface area (Å²) in [6, 6.07) is -0.625. The van der Waals surface area contributed by atoms with E-state index >= 15 is 0 Å². The number of hydrogen-bond donors (Lipinski definition) is 1. The molecule has 0 saturated heterocycles. The van der Waals surface area contributed by atoms with Crippen LogP contribution in [0.15, 0.2) is 0 Å². The highest BCUT2D eigenvalue weighted by Gasteiger charge is 2.26. The lowest BCUT2D eigenvalue weighted by atomic mass is 10.0. The van der Waals surface area contributed by atoms with Crippen molar-refractivity contribution in [2.45, 2.75) is 52.7 Å². The monoisotopic (exact) mass is 263 g/mol. The Hall–Kier alpha value is -0.770. The molecule has 100 valence electrons. The zero-order valence-electron chi connectivity index (χ0n) is 11.2. The Morgan fingerprint density at radius 3 is 2.18 bits per heavy atom. The minimum Gasteiger partial charge on any atom is -0.458 e.